The highest BCUT2D eigenvalue weighted by Gasteiger charge is 2.08. The van der Waals surface area contributed by atoms with Crippen molar-refractivity contribution in [2.75, 3.05) is 11.1 Å². The van der Waals surface area contributed by atoms with Gasteiger partial charge in [0, 0.05) is 14.8 Å². The van der Waals surface area contributed by atoms with Crippen LogP contribution in [0, 0.1) is 3.57 Å². The highest BCUT2D eigenvalue weighted by molar-refractivity contribution is 14.1. The predicted octanol–water partition coefficient (Wildman–Crippen LogP) is 3.17. The van der Waals surface area contributed by atoms with Crippen LogP contribution in [0.15, 0.2) is 36.4 Å². The summed E-state index contributed by atoms with van der Waals surface area (Å²) < 4.78 is 1.04. The van der Waals surface area contributed by atoms with Crippen LogP contribution in [0.3, 0.4) is 0 Å². The Bertz CT molecular complexity index is 583. The fourth-order valence-corrected chi connectivity index (χ4v) is 2.18. The summed E-state index contributed by atoms with van der Waals surface area (Å²) >= 11 is 7.93. The summed E-state index contributed by atoms with van der Waals surface area (Å²) in [6.45, 7) is 0. The van der Waals surface area contributed by atoms with Gasteiger partial charge in [0.05, 0.1) is 0 Å². The minimum absolute atomic E-state index is 0.197. The van der Waals surface area contributed by atoms with Crippen molar-refractivity contribution in [2.24, 2.45) is 0 Å². The molecular formula is C12H9ClIN3O. The fourth-order valence-electron chi connectivity index (χ4n) is 1.42. The first-order chi connectivity index (χ1) is 8.54. The zero-order valence-electron chi connectivity index (χ0n) is 9.15. The zero-order valence-corrected chi connectivity index (χ0v) is 12.1. The first-order valence-corrected chi connectivity index (χ1v) is 6.50. The molecule has 1 aromatic carbocycles. The third-order valence-corrected chi connectivity index (χ3v) is 3.02. The van der Waals surface area contributed by atoms with Crippen molar-refractivity contribution in [3.05, 3.63) is 50.7 Å². The molecule has 0 unspecified atom stereocenters. The molecule has 0 saturated heterocycles. The van der Waals surface area contributed by atoms with E-state index in [2.05, 4.69) is 32.9 Å². The molecule has 0 saturated carbocycles. The molecule has 92 valence electrons. The number of hydrogen-bond donors (Lipinski definition) is 2. The van der Waals surface area contributed by atoms with Gasteiger partial charge in [-0.2, -0.15) is 0 Å². The van der Waals surface area contributed by atoms with Crippen molar-refractivity contribution in [1.82, 2.24) is 4.98 Å². The van der Waals surface area contributed by atoms with E-state index in [0.717, 1.165) is 9.26 Å². The lowest BCUT2D eigenvalue weighted by atomic mass is 10.2. The Balaban J connectivity index is 2.22. The van der Waals surface area contributed by atoms with E-state index in [1.54, 1.807) is 0 Å². The summed E-state index contributed by atoms with van der Waals surface area (Å²) in [7, 11) is 0. The lowest BCUT2D eigenvalue weighted by molar-refractivity contribution is 0.102. The number of nitrogens with zero attached hydrogens (tertiary/aromatic N) is 1. The topological polar surface area (TPSA) is 68.0 Å². The Kier molecular flexibility index (Phi) is 4.03. The van der Waals surface area contributed by atoms with Crippen LogP contribution < -0.4 is 11.1 Å². The molecule has 0 aliphatic heterocycles. The van der Waals surface area contributed by atoms with Gasteiger partial charge in [-0.15, -0.1) is 0 Å². The van der Waals surface area contributed by atoms with Crippen molar-refractivity contribution in [2.45, 2.75) is 0 Å². The van der Waals surface area contributed by atoms with E-state index >= 15 is 0 Å². The number of pyridine rings is 1. The van der Waals surface area contributed by atoms with Crippen molar-refractivity contribution >= 4 is 51.6 Å². The van der Waals surface area contributed by atoms with Gasteiger partial charge < -0.3 is 11.1 Å². The minimum atomic E-state index is -0.270. The highest BCUT2D eigenvalue weighted by atomic mass is 127. The SMILES string of the molecule is Nc1cc(C(=O)Nc2cccc(I)c2)cc(Cl)n1. The third kappa shape index (κ3) is 3.33. The van der Waals surface area contributed by atoms with Gasteiger partial charge in [0.2, 0.25) is 0 Å². The van der Waals surface area contributed by atoms with Crippen molar-refractivity contribution < 1.29 is 4.79 Å². The summed E-state index contributed by atoms with van der Waals surface area (Å²) in [5.74, 6) is -0.0525. The molecule has 0 aliphatic rings. The van der Waals surface area contributed by atoms with Crippen molar-refractivity contribution in [1.29, 1.82) is 0 Å². The van der Waals surface area contributed by atoms with Crippen LogP contribution in [-0.2, 0) is 0 Å². The van der Waals surface area contributed by atoms with Gasteiger partial charge in [-0.05, 0) is 52.9 Å². The number of benzene rings is 1. The molecule has 3 N–H and O–H groups in total. The Morgan fingerprint density at radius 1 is 1.33 bits per heavy atom. The number of anilines is 2. The van der Waals surface area contributed by atoms with E-state index in [0.29, 0.717) is 5.56 Å². The Labute approximate surface area is 123 Å². The third-order valence-electron chi connectivity index (χ3n) is 2.16. The van der Waals surface area contributed by atoms with Crippen LogP contribution >= 0.6 is 34.2 Å². The minimum Gasteiger partial charge on any atom is -0.384 e. The smallest absolute Gasteiger partial charge is 0.255 e. The molecular weight excluding hydrogens is 365 g/mol. The Hall–Kier alpha value is -1.34. The van der Waals surface area contributed by atoms with Crippen LogP contribution in [0.4, 0.5) is 11.5 Å². The standard InChI is InChI=1S/C12H9ClIN3O/c13-10-4-7(5-11(15)17-10)12(18)16-9-3-1-2-8(14)6-9/h1-6H,(H2,15,17)(H,16,18). The Morgan fingerprint density at radius 2 is 2.11 bits per heavy atom. The van der Waals surface area contributed by atoms with E-state index < -0.39 is 0 Å². The fraction of sp³-hybridized carbons (Fsp3) is 0. The van der Waals surface area contributed by atoms with Gasteiger partial charge in [0.25, 0.3) is 5.91 Å². The molecule has 4 nitrogen and oxygen atoms in total. The highest BCUT2D eigenvalue weighted by Crippen LogP contribution is 2.16. The van der Waals surface area contributed by atoms with E-state index in [1.807, 2.05) is 24.3 Å². The number of nitrogens with two attached hydrogens (primary N) is 1. The second-order valence-corrected chi connectivity index (χ2v) is 5.20. The quantitative estimate of drug-likeness (QED) is 0.627. The second kappa shape index (κ2) is 5.53. The molecule has 0 atom stereocenters. The molecule has 1 aromatic heterocycles. The maximum absolute atomic E-state index is 12.0. The molecule has 0 spiro atoms. The van der Waals surface area contributed by atoms with Gasteiger partial charge >= 0.3 is 0 Å². The number of nitrogen functional groups attached to an aromatic ring is 1. The number of carbonyl (C=O) groups excluding carboxylic acids is 1. The van der Waals surface area contributed by atoms with E-state index in [4.69, 9.17) is 17.3 Å². The van der Waals surface area contributed by atoms with Crippen LogP contribution in [0.2, 0.25) is 5.15 Å². The molecule has 0 radical (unpaired) electrons. The molecule has 0 fully saturated rings. The summed E-state index contributed by atoms with van der Waals surface area (Å²) in [6, 6.07) is 10.4. The summed E-state index contributed by atoms with van der Waals surface area (Å²) in [4.78, 5) is 15.8. The summed E-state index contributed by atoms with van der Waals surface area (Å²) in [5.41, 5.74) is 6.64. The number of halogens is 2. The number of nitrogens with one attached hydrogen (secondary N) is 1. The van der Waals surface area contributed by atoms with Crippen LogP contribution in [0.5, 0.6) is 0 Å². The molecule has 1 heterocycles. The summed E-state index contributed by atoms with van der Waals surface area (Å²) in [5, 5.41) is 2.96. The number of rotatable bonds is 2. The van der Waals surface area contributed by atoms with Gasteiger partial charge in [0.15, 0.2) is 0 Å². The summed E-state index contributed by atoms with van der Waals surface area (Å²) in [6.07, 6.45) is 0. The molecule has 1 amide bonds. The van der Waals surface area contributed by atoms with Gasteiger partial charge in [0.1, 0.15) is 11.0 Å². The van der Waals surface area contributed by atoms with Crippen LogP contribution in [0.25, 0.3) is 0 Å². The van der Waals surface area contributed by atoms with Gasteiger partial charge in [-0.25, -0.2) is 4.98 Å². The molecule has 0 aliphatic carbocycles. The lowest BCUT2D eigenvalue weighted by Crippen LogP contribution is -2.12. The first kappa shape index (κ1) is 13.1. The second-order valence-electron chi connectivity index (χ2n) is 3.57. The average molecular weight is 374 g/mol. The zero-order chi connectivity index (χ0) is 13.1. The Morgan fingerprint density at radius 3 is 2.78 bits per heavy atom. The van der Waals surface area contributed by atoms with Gasteiger partial charge in [-0.3, -0.25) is 4.79 Å². The van der Waals surface area contributed by atoms with E-state index in [1.165, 1.54) is 12.1 Å². The molecule has 2 aromatic rings. The lowest BCUT2D eigenvalue weighted by Gasteiger charge is -2.06. The predicted molar refractivity (Wildman–Crippen MR) is 80.8 cm³/mol. The molecule has 18 heavy (non-hydrogen) atoms. The van der Waals surface area contributed by atoms with Crippen LogP contribution in [0.1, 0.15) is 10.4 Å². The van der Waals surface area contributed by atoms with E-state index in [-0.39, 0.29) is 16.9 Å². The monoisotopic (exact) mass is 373 g/mol. The van der Waals surface area contributed by atoms with Crippen molar-refractivity contribution in [3.8, 4) is 0 Å². The largest absolute Gasteiger partial charge is 0.384 e. The molecule has 6 heteroatoms. The molecule has 2 rings (SSSR count). The van der Waals surface area contributed by atoms with E-state index in [9.17, 15) is 4.79 Å². The van der Waals surface area contributed by atoms with Gasteiger partial charge in [-0.1, -0.05) is 17.7 Å². The normalized spacial score (nSPS) is 10.1. The average Bonchev–Trinajstić information content (AvgIpc) is 2.27. The number of aromatic nitrogens is 1. The maximum Gasteiger partial charge on any atom is 0.255 e. The first-order valence-electron chi connectivity index (χ1n) is 5.04. The van der Waals surface area contributed by atoms with Crippen molar-refractivity contribution in [3.63, 3.8) is 0 Å². The number of amides is 1. The molecule has 0 bridgehead atoms. The number of carbonyl (C=O) groups is 1. The maximum atomic E-state index is 12.0. The number of hydrogen-bond acceptors (Lipinski definition) is 3. The van der Waals surface area contributed by atoms with Crippen LogP contribution in [-0.4, -0.2) is 10.9 Å².